The summed E-state index contributed by atoms with van der Waals surface area (Å²) in [5.41, 5.74) is 0.362. The fraction of sp³-hybridized carbons (Fsp3) is 0.429. The van der Waals surface area contributed by atoms with Crippen LogP contribution >= 0.6 is 0 Å². The minimum Gasteiger partial charge on any atom is -0.399 e. The van der Waals surface area contributed by atoms with Gasteiger partial charge in [-0.15, -0.1) is 0 Å². The lowest BCUT2D eigenvalue weighted by Gasteiger charge is -2.32. The highest BCUT2D eigenvalue weighted by molar-refractivity contribution is 6.63. The van der Waals surface area contributed by atoms with Gasteiger partial charge in [0.25, 0.3) is 0 Å². The Bertz CT molecular complexity index is 548. The Morgan fingerprint density at radius 3 is 1.74 bits per heavy atom. The largest absolute Gasteiger partial charge is 0.497 e. The zero-order valence-corrected chi connectivity index (χ0v) is 11.5. The molecule has 1 aromatic rings. The molecule has 5 heteroatoms. The van der Waals surface area contributed by atoms with Gasteiger partial charge in [-0.05, 0) is 39.8 Å². The zero-order chi connectivity index (χ0) is 14.3. The molecule has 0 N–H and O–H groups in total. The Kier molecular flexibility index (Phi) is 3.14. The minimum absolute atomic E-state index is 0.414. The number of hydrogen-bond acceptors (Lipinski definition) is 4. The maximum Gasteiger partial charge on any atom is 0.497 e. The molecule has 0 unspecified atom stereocenters. The predicted octanol–water partition coefficient (Wildman–Crippen LogP) is 1.73. The highest BCUT2D eigenvalue weighted by Gasteiger charge is 2.52. The van der Waals surface area contributed by atoms with Crippen molar-refractivity contribution in [3.05, 3.63) is 29.3 Å². The molecule has 0 amide bonds. The summed E-state index contributed by atoms with van der Waals surface area (Å²) < 4.78 is 11.8. The van der Waals surface area contributed by atoms with Gasteiger partial charge in [0.15, 0.2) is 0 Å². The zero-order valence-electron chi connectivity index (χ0n) is 11.5. The Morgan fingerprint density at radius 2 is 1.37 bits per heavy atom. The van der Waals surface area contributed by atoms with Crippen molar-refractivity contribution in [2.24, 2.45) is 0 Å². The fourth-order valence-electron chi connectivity index (χ4n) is 1.98. The molecular formula is C14H15BN2O2. The van der Waals surface area contributed by atoms with Gasteiger partial charge < -0.3 is 9.31 Å². The lowest BCUT2D eigenvalue weighted by molar-refractivity contribution is 0.00578. The van der Waals surface area contributed by atoms with Crippen LogP contribution in [0.25, 0.3) is 0 Å². The van der Waals surface area contributed by atoms with Gasteiger partial charge in [0.2, 0.25) is 0 Å². The summed E-state index contributed by atoms with van der Waals surface area (Å²) in [6, 6.07) is 9.20. The normalized spacial score (nSPS) is 19.8. The smallest absolute Gasteiger partial charge is 0.399 e. The second-order valence-electron chi connectivity index (χ2n) is 5.58. The highest BCUT2D eigenvalue weighted by atomic mass is 16.7. The topological polar surface area (TPSA) is 66.0 Å². The molecule has 0 aromatic heterocycles. The summed E-state index contributed by atoms with van der Waals surface area (Å²) in [6.07, 6.45) is 0. The molecule has 1 aliphatic heterocycles. The van der Waals surface area contributed by atoms with E-state index in [0.29, 0.717) is 16.6 Å². The summed E-state index contributed by atoms with van der Waals surface area (Å²) >= 11 is 0. The molecule has 1 aromatic carbocycles. The third-order valence-corrected chi connectivity index (χ3v) is 3.84. The van der Waals surface area contributed by atoms with Crippen LogP contribution in [0.1, 0.15) is 38.8 Å². The molecule has 0 radical (unpaired) electrons. The van der Waals surface area contributed by atoms with Gasteiger partial charge in [-0.1, -0.05) is 6.07 Å². The molecule has 0 spiro atoms. The maximum atomic E-state index is 9.19. The summed E-state index contributed by atoms with van der Waals surface area (Å²) in [5.74, 6) is 0. The van der Waals surface area contributed by atoms with Crippen LogP contribution in [0.2, 0.25) is 0 Å². The number of nitriles is 2. The molecule has 1 aliphatic rings. The minimum atomic E-state index is -0.685. The summed E-state index contributed by atoms with van der Waals surface area (Å²) in [4.78, 5) is 0. The summed E-state index contributed by atoms with van der Waals surface area (Å²) in [6.45, 7) is 7.75. The molecule has 4 nitrogen and oxygen atoms in total. The molecule has 0 atom stereocenters. The van der Waals surface area contributed by atoms with Gasteiger partial charge >= 0.3 is 7.12 Å². The van der Waals surface area contributed by atoms with Crippen LogP contribution in [0.5, 0.6) is 0 Å². The Hall–Kier alpha value is -1.82. The number of hydrogen-bond donors (Lipinski definition) is 0. The van der Waals surface area contributed by atoms with Crippen molar-refractivity contribution in [3.8, 4) is 12.1 Å². The van der Waals surface area contributed by atoms with Crippen LogP contribution < -0.4 is 5.46 Å². The molecule has 96 valence electrons. The van der Waals surface area contributed by atoms with Crippen LogP contribution in [-0.2, 0) is 9.31 Å². The molecular weight excluding hydrogens is 239 g/mol. The van der Waals surface area contributed by atoms with Crippen molar-refractivity contribution in [1.82, 2.24) is 0 Å². The first kappa shape index (κ1) is 13.6. The van der Waals surface area contributed by atoms with Crippen LogP contribution in [0.3, 0.4) is 0 Å². The second-order valence-corrected chi connectivity index (χ2v) is 5.58. The van der Waals surface area contributed by atoms with Gasteiger partial charge in [0.05, 0.1) is 34.5 Å². The van der Waals surface area contributed by atoms with E-state index >= 15 is 0 Å². The van der Waals surface area contributed by atoms with E-state index < -0.39 is 18.3 Å². The molecule has 1 saturated heterocycles. The average Bonchev–Trinajstić information content (AvgIpc) is 2.57. The number of rotatable bonds is 1. The molecule has 1 fully saturated rings. The van der Waals surface area contributed by atoms with E-state index in [9.17, 15) is 10.5 Å². The second kappa shape index (κ2) is 4.38. The molecule has 19 heavy (non-hydrogen) atoms. The van der Waals surface area contributed by atoms with E-state index in [0.717, 1.165) is 0 Å². The third kappa shape index (κ3) is 2.12. The molecule has 0 bridgehead atoms. The van der Waals surface area contributed by atoms with E-state index in [1.807, 2.05) is 27.7 Å². The Balaban J connectivity index is 2.52. The number of nitrogens with zero attached hydrogens (tertiary/aromatic N) is 2. The molecule has 0 aliphatic carbocycles. The first-order chi connectivity index (χ1) is 8.82. The van der Waals surface area contributed by atoms with Crippen LogP contribution in [0.4, 0.5) is 0 Å². The van der Waals surface area contributed by atoms with E-state index in [1.54, 1.807) is 18.2 Å². The van der Waals surface area contributed by atoms with E-state index in [4.69, 9.17) is 9.31 Å². The third-order valence-electron chi connectivity index (χ3n) is 3.84. The van der Waals surface area contributed by atoms with Crippen LogP contribution in [-0.4, -0.2) is 18.3 Å². The number of benzene rings is 1. The monoisotopic (exact) mass is 254 g/mol. The van der Waals surface area contributed by atoms with E-state index in [2.05, 4.69) is 12.1 Å². The first-order valence-corrected chi connectivity index (χ1v) is 6.11. The quantitative estimate of drug-likeness (QED) is 0.716. The van der Waals surface area contributed by atoms with Gasteiger partial charge in [0.1, 0.15) is 0 Å². The van der Waals surface area contributed by atoms with Crippen molar-refractivity contribution >= 4 is 12.6 Å². The average molecular weight is 254 g/mol. The van der Waals surface area contributed by atoms with Crippen LogP contribution in [0.15, 0.2) is 18.2 Å². The van der Waals surface area contributed by atoms with Gasteiger partial charge in [0, 0.05) is 5.46 Å². The Morgan fingerprint density at radius 1 is 0.947 bits per heavy atom. The highest BCUT2D eigenvalue weighted by Crippen LogP contribution is 2.36. The van der Waals surface area contributed by atoms with Crippen molar-refractivity contribution in [3.63, 3.8) is 0 Å². The fourth-order valence-corrected chi connectivity index (χ4v) is 1.98. The maximum absolute atomic E-state index is 9.19. The molecule has 1 heterocycles. The molecule has 0 saturated carbocycles. The summed E-state index contributed by atoms with van der Waals surface area (Å²) in [5, 5.41) is 18.4. The first-order valence-electron chi connectivity index (χ1n) is 6.11. The lowest BCUT2D eigenvalue weighted by atomic mass is 9.73. The van der Waals surface area contributed by atoms with Gasteiger partial charge in [-0.25, -0.2) is 0 Å². The lowest BCUT2D eigenvalue weighted by Crippen LogP contribution is -2.41. The predicted molar refractivity (Wildman–Crippen MR) is 71.6 cm³/mol. The van der Waals surface area contributed by atoms with Crippen molar-refractivity contribution in [1.29, 1.82) is 10.5 Å². The van der Waals surface area contributed by atoms with Gasteiger partial charge in [-0.2, -0.15) is 10.5 Å². The van der Waals surface area contributed by atoms with E-state index in [-0.39, 0.29) is 0 Å². The van der Waals surface area contributed by atoms with Crippen LogP contribution in [0, 0.1) is 22.7 Å². The van der Waals surface area contributed by atoms with Gasteiger partial charge in [-0.3, -0.25) is 0 Å². The van der Waals surface area contributed by atoms with Crippen molar-refractivity contribution in [2.45, 2.75) is 38.9 Å². The molecule has 2 rings (SSSR count). The standard InChI is InChI=1S/C14H15BN2O2/c1-13(2)14(3,4)19-15(18-13)12-10(8-16)6-5-7-11(12)9-17/h5-7H,1-4H3. The Labute approximate surface area is 113 Å². The summed E-state index contributed by atoms with van der Waals surface area (Å²) in [7, 11) is -0.685. The van der Waals surface area contributed by atoms with E-state index in [1.165, 1.54) is 0 Å². The van der Waals surface area contributed by atoms with Crippen molar-refractivity contribution in [2.75, 3.05) is 0 Å². The SMILES string of the molecule is CC1(C)OB(c2c(C#N)cccc2C#N)OC1(C)C. The van der Waals surface area contributed by atoms with Crippen molar-refractivity contribution < 1.29 is 9.31 Å².